The Bertz CT molecular complexity index is 752. The van der Waals surface area contributed by atoms with Crippen LogP contribution in [0.15, 0.2) is 36.9 Å². The smallest absolute Gasteiger partial charge is 0.223 e. The molecule has 0 amide bonds. The van der Waals surface area contributed by atoms with Crippen molar-refractivity contribution in [2.75, 3.05) is 20.1 Å². The Labute approximate surface area is 143 Å². The summed E-state index contributed by atoms with van der Waals surface area (Å²) in [6.45, 7) is 3.14. The van der Waals surface area contributed by atoms with Gasteiger partial charge >= 0.3 is 0 Å². The molecule has 1 atom stereocenters. The molecular formula is C16H23N5O2S. The minimum absolute atomic E-state index is 0.235. The van der Waals surface area contributed by atoms with Crippen LogP contribution < -0.4 is 0 Å². The molecule has 1 saturated heterocycles. The van der Waals surface area contributed by atoms with Crippen LogP contribution in [0.1, 0.15) is 37.8 Å². The largest absolute Gasteiger partial charge is 0.282 e. The molecule has 1 aliphatic rings. The number of benzene rings is 1. The van der Waals surface area contributed by atoms with E-state index in [1.54, 1.807) is 22.4 Å². The average Bonchev–Trinajstić information content (AvgIpc) is 3.16. The summed E-state index contributed by atoms with van der Waals surface area (Å²) in [6.07, 6.45) is 6.10. The van der Waals surface area contributed by atoms with Crippen LogP contribution in [-0.4, -0.2) is 51.9 Å². The maximum absolute atomic E-state index is 12.8. The van der Waals surface area contributed by atoms with Gasteiger partial charge in [0.15, 0.2) is 0 Å². The molecule has 8 heteroatoms. The minimum atomic E-state index is -3.42. The molecule has 1 aromatic carbocycles. The lowest BCUT2D eigenvalue weighted by atomic mass is 10.1. The van der Waals surface area contributed by atoms with Crippen LogP contribution in [-0.2, 0) is 10.2 Å². The number of nitrogens with zero attached hydrogens (tertiary/aromatic N) is 5. The molecular weight excluding hydrogens is 326 g/mol. The van der Waals surface area contributed by atoms with Gasteiger partial charge in [-0.3, -0.25) is 0 Å². The van der Waals surface area contributed by atoms with E-state index < -0.39 is 10.2 Å². The number of piperidine rings is 1. The molecule has 1 aliphatic heterocycles. The molecule has 0 aliphatic carbocycles. The van der Waals surface area contributed by atoms with Crippen molar-refractivity contribution >= 4 is 10.2 Å². The van der Waals surface area contributed by atoms with Crippen LogP contribution in [0.3, 0.4) is 0 Å². The fourth-order valence-electron chi connectivity index (χ4n) is 2.93. The standard InChI is InChI=1S/C16H23N5O2S/c1-14(19(2)24(22,23)20-10-4-3-5-11-20)15-6-8-16(9-7-15)21-13-17-12-18-21/h6-9,12-14H,3-5,10-11H2,1-2H3. The summed E-state index contributed by atoms with van der Waals surface area (Å²) in [5.74, 6) is 0. The van der Waals surface area contributed by atoms with Crippen LogP contribution in [0.4, 0.5) is 0 Å². The maximum atomic E-state index is 12.8. The van der Waals surface area contributed by atoms with E-state index in [2.05, 4.69) is 10.1 Å². The highest BCUT2D eigenvalue weighted by Crippen LogP contribution is 2.25. The highest BCUT2D eigenvalue weighted by molar-refractivity contribution is 7.86. The molecule has 0 N–H and O–H groups in total. The van der Waals surface area contributed by atoms with Gasteiger partial charge in [-0.05, 0) is 37.5 Å². The molecule has 1 aromatic heterocycles. The second-order valence-electron chi connectivity index (χ2n) is 6.09. The molecule has 3 rings (SSSR count). The number of rotatable bonds is 5. The van der Waals surface area contributed by atoms with Crippen molar-refractivity contribution in [2.24, 2.45) is 0 Å². The first-order valence-electron chi connectivity index (χ1n) is 8.18. The first-order valence-corrected chi connectivity index (χ1v) is 9.58. The van der Waals surface area contributed by atoms with Gasteiger partial charge in [0.05, 0.1) is 5.69 Å². The van der Waals surface area contributed by atoms with Crippen molar-refractivity contribution in [3.63, 3.8) is 0 Å². The highest BCUT2D eigenvalue weighted by atomic mass is 32.2. The Morgan fingerprint density at radius 1 is 1.12 bits per heavy atom. The zero-order valence-electron chi connectivity index (χ0n) is 14.0. The lowest BCUT2D eigenvalue weighted by Crippen LogP contribution is -2.45. The van der Waals surface area contributed by atoms with Crippen LogP contribution in [0.5, 0.6) is 0 Å². The summed E-state index contributed by atoms with van der Waals surface area (Å²) in [5, 5.41) is 4.09. The Morgan fingerprint density at radius 3 is 2.38 bits per heavy atom. The Morgan fingerprint density at radius 2 is 1.79 bits per heavy atom. The van der Waals surface area contributed by atoms with Crippen LogP contribution in [0, 0.1) is 0 Å². The summed E-state index contributed by atoms with van der Waals surface area (Å²) < 4.78 is 30.3. The van der Waals surface area contributed by atoms with Crippen LogP contribution in [0.2, 0.25) is 0 Å². The van der Waals surface area contributed by atoms with Crippen molar-refractivity contribution in [3.8, 4) is 5.69 Å². The molecule has 2 heterocycles. The van der Waals surface area contributed by atoms with Gasteiger partial charge in [-0.15, -0.1) is 0 Å². The number of aromatic nitrogens is 3. The molecule has 1 unspecified atom stereocenters. The van der Waals surface area contributed by atoms with Crippen molar-refractivity contribution in [1.29, 1.82) is 0 Å². The lowest BCUT2D eigenvalue weighted by Gasteiger charge is -2.33. The molecule has 2 aromatic rings. The topological polar surface area (TPSA) is 71.3 Å². The van der Waals surface area contributed by atoms with Gasteiger partial charge in [0, 0.05) is 26.2 Å². The van der Waals surface area contributed by atoms with E-state index in [4.69, 9.17) is 0 Å². The second-order valence-corrected chi connectivity index (χ2v) is 8.08. The Hall–Kier alpha value is -1.77. The third-order valence-electron chi connectivity index (χ3n) is 4.61. The zero-order chi connectivity index (χ0) is 17.2. The Balaban J connectivity index is 1.76. The highest BCUT2D eigenvalue weighted by Gasteiger charge is 2.31. The lowest BCUT2D eigenvalue weighted by molar-refractivity contribution is 0.297. The average molecular weight is 349 g/mol. The first kappa shape index (κ1) is 17.1. The van der Waals surface area contributed by atoms with Gasteiger partial charge in [-0.2, -0.15) is 22.1 Å². The van der Waals surface area contributed by atoms with Gasteiger partial charge in [0.1, 0.15) is 12.7 Å². The third-order valence-corrected chi connectivity index (χ3v) is 6.67. The Kier molecular flexibility index (Phi) is 4.98. The fraction of sp³-hybridized carbons (Fsp3) is 0.500. The van der Waals surface area contributed by atoms with E-state index >= 15 is 0 Å². The third kappa shape index (κ3) is 3.35. The van der Waals surface area contributed by atoms with Gasteiger partial charge in [0.25, 0.3) is 10.2 Å². The first-order chi connectivity index (χ1) is 11.5. The van der Waals surface area contributed by atoms with Crippen LogP contribution in [0.25, 0.3) is 5.69 Å². The van der Waals surface area contributed by atoms with Gasteiger partial charge < -0.3 is 0 Å². The van der Waals surface area contributed by atoms with Crippen molar-refractivity contribution < 1.29 is 8.42 Å². The van der Waals surface area contributed by atoms with E-state index in [1.807, 2.05) is 31.2 Å². The summed E-state index contributed by atoms with van der Waals surface area (Å²) in [4.78, 5) is 3.93. The number of hydrogen-bond donors (Lipinski definition) is 0. The molecule has 0 bridgehead atoms. The quantitative estimate of drug-likeness (QED) is 0.828. The van der Waals surface area contributed by atoms with Gasteiger partial charge in [-0.25, -0.2) is 9.67 Å². The summed E-state index contributed by atoms with van der Waals surface area (Å²) in [7, 11) is -1.77. The normalized spacial score (nSPS) is 18.0. The van der Waals surface area contributed by atoms with E-state index in [0.717, 1.165) is 30.5 Å². The summed E-state index contributed by atoms with van der Waals surface area (Å²) in [5.41, 5.74) is 1.84. The zero-order valence-corrected chi connectivity index (χ0v) is 14.9. The SMILES string of the molecule is CC(c1ccc(-n2cncn2)cc1)N(C)S(=O)(=O)N1CCCCC1. The molecule has 7 nitrogen and oxygen atoms in total. The maximum Gasteiger partial charge on any atom is 0.282 e. The van der Waals surface area contributed by atoms with E-state index in [9.17, 15) is 8.42 Å². The fourth-order valence-corrected chi connectivity index (χ4v) is 4.54. The summed E-state index contributed by atoms with van der Waals surface area (Å²) >= 11 is 0. The molecule has 1 fully saturated rings. The molecule has 24 heavy (non-hydrogen) atoms. The molecule has 0 radical (unpaired) electrons. The van der Waals surface area contributed by atoms with Crippen molar-refractivity contribution in [1.82, 2.24) is 23.4 Å². The number of hydrogen-bond acceptors (Lipinski definition) is 4. The predicted octanol–water partition coefficient (Wildman–Crippen LogP) is 1.99. The predicted molar refractivity (Wildman–Crippen MR) is 91.9 cm³/mol. The van der Waals surface area contributed by atoms with E-state index in [-0.39, 0.29) is 6.04 Å². The van der Waals surface area contributed by atoms with Gasteiger partial charge in [-0.1, -0.05) is 18.6 Å². The summed E-state index contributed by atoms with van der Waals surface area (Å²) in [6, 6.07) is 7.47. The van der Waals surface area contributed by atoms with Crippen molar-refractivity contribution in [2.45, 2.75) is 32.2 Å². The van der Waals surface area contributed by atoms with Crippen LogP contribution >= 0.6 is 0 Å². The second kappa shape index (κ2) is 7.00. The molecule has 0 saturated carbocycles. The molecule has 130 valence electrons. The minimum Gasteiger partial charge on any atom is -0.223 e. The van der Waals surface area contributed by atoms with E-state index in [1.165, 1.54) is 10.6 Å². The van der Waals surface area contributed by atoms with E-state index in [0.29, 0.717) is 13.1 Å². The van der Waals surface area contributed by atoms with Gasteiger partial charge in [0.2, 0.25) is 0 Å². The van der Waals surface area contributed by atoms with Crippen molar-refractivity contribution in [3.05, 3.63) is 42.5 Å². The molecule has 0 spiro atoms. The monoisotopic (exact) mass is 349 g/mol.